The number of rotatable bonds is 66. The Labute approximate surface area is 510 Å². The van der Waals surface area contributed by atoms with Crippen molar-refractivity contribution in [2.75, 3.05) is 13.2 Å². The molecule has 0 aliphatic rings. The third-order valence-electron chi connectivity index (χ3n) is 15.9. The molecule has 0 saturated carbocycles. The Morgan fingerprint density at radius 3 is 0.756 bits per heavy atom. The monoisotopic (exact) mass is 1150 g/mol. The van der Waals surface area contributed by atoms with E-state index in [1.807, 2.05) is 0 Å². The summed E-state index contributed by atoms with van der Waals surface area (Å²) in [5, 5.41) is 0. The van der Waals surface area contributed by atoms with Crippen LogP contribution in [-0.4, -0.2) is 37.2 Å². The smallest absolute Gasteiger partial charge is 0.306 e. The van der Waals surface area contributed by atoms with Crippen molar-refractivity contribution in [3.8, 4) is 0 Å². The zero-order valence-electron chi connectivity index (χ0n) is 54.8. The molecule has 1 unspecified atom stereocenters. The topological polar surface area (TPSA) is 78.9 Å². The zero-order valence-corrected chi connectivity index (χ0v) is 54.8. The van der Waals surface area contributed by atoms with Crippen LogP contribution in [0.15, 0.2) is 72.9 Å². The molecule has 6 nitrogen and oxygen atoms in total. The van der Waals surface area contributed by atoms with E-state index in [1.165, 1.54) is 238 Å². The first-order valence-corrected chi connectivity index (χ1v) is 35.9. The predicted molar refractivity (Wildman–Crippen MR) is 358 cm³/mol. The van der Waals surface area contributed by atoms with Gasteiger partial charge in [-0.25, -0.2) is 0 Å². The molecule has 6 heteroatoms. The molecule has 0 rings (SSSR count). The molecule has 0 aliphatic carbocycles. The minimum atomic E-state index is -0.777. The Balaban J connectivity index is 4.23. The summed E-state index contributed by atoms with van der Waals surface area (Å²) in [5.74, 6) is -0.856. The van der Waals surface area contributed by atoms with Crippen LogP contribution in [0.3, 0.4) is 0 Å². The Bertz CT molecular complexity index is 1500. The highest BCUT2D eigenvalue weighted by Crippen LogP contribution is 2.18. The molecule has 0 aromatic heterocycles. The van der Waals surface area contributed by atoms with Crippen LogP contribution >= 0.6 is 0 Å². The van der Waals surface area contributed by atoms with E-state index in [4.69, 9.17) is 14.2 Å². The fourth-order valence-corrected chi connectivity index (χ4v) is 10.6. The highest BCUT2D eigenvalue weighted by molar-refractivity contribution is 5.71. The summed E-state index contributed by atoms with van der Waals surface area (Å²) in [6.07, 6.45) is 92.2. The summed E-state index contributed by atoms with van der Waals surface area (Å²) in [5.41, 5.74) is 0. The maximum atomic E-state index is 12.9. The Morgan fingerprint density at radius 1 is 0.256 bits per heavy atom. The second kappa shape index (κ2) is 70.3. The van der Waals surface area contributed by atoms with E-state index in [0.29, 0.717) is 19.3 Å². The first-order valence-electron chi connectivity index (χ1n) is 35.9. The first kappa shape index (κ1) is 78.8. The SMILES string of the molecule is CC/C=C\C/C=C\C/C=C\C/C=C\C/C=C\CCCCCCCCCCCCCCCCCC(=O)OCC(COC(=O)CCCCCCC/C=C\CCCCCCCCC)OC(=O)CCCCCCCCCCCCCCCCCCC. The number of ether oxygens (including phenoxy) is 3. The van der Waals surface area contributed by atoms with Gasteiger partial charge in [0.2, 0.25) is 0 Å². The molecule has 0 aromatic carbocycles. The summed E-state index contributed by atoms with van der Waals surface area (Å²) >= 11 is 0. The van der Waals surface area contributed by atoms with Crippen molar-refractivity contribution in [1.82, 2.24) is 0 Å². The molecular weight excluding hydrogens is 1010 g/mol. The summed E-state index contributed by atoms with van der Waals surface area (Å²) in [4.78, 5) is 38.5. The van der Waals surface area contributed by atoms with Gasteiger partial charge < -0.3 is 14.2 Å². The third kappa shape index (κ3) is 67.6. The summed E-state index contributed by atoms with van der Waals surface area (Å²) < 4.78 is 17.0. The molecule has 0 aromatic rings. The van der Waals surface area contributed by atoms with Gasteiger partial charge >= 0.3 is 17.9 Å². The van der Waals surface area contributed by atoms with E-state index in [0.717, 1.165) is 96.3 Å². The Hall–Kier alpha value is -3.15. The van der Waals surface area contributed by atoms with Crippen molar-refractivity contribution in [2.45, 2.75) is 380 Å². The van der Waals surface area contributed by atoms with Crippen LogP contribution in [0.25, 0.3) is 0 Å². The zero-order chi connectivity index (χ0) is 59.2. The lowest BCUT2D eigenvalue weighted by atomic mass is 10.0. The van der Waals surface area contributed by atoms with Crippen molar-refractivity contribution >= 4 is 17.9 Å². The molecule has 0 saturated heterocycles. The van der Waals surface area contributed by atoms with Crippen LogP contribution in [-0.2, 0) is 28.6 Å². The molecule has 0 N–H and O–H groups in total. The van der Waals surface area contributed by atoms with Gasteiger partial charge in [-0.2, -0.15) is 0 Å². The van der Waals surface area contributed by atoms with Crippen LogP contribution in [0.5, 0.6) is 0 Å². The molecule has 0 fully saturated rings. The second-order valence-electron chi connectivity index (χ2n) is 24.1. The van der Waals surface area contributed by atoms with E-state index in [-0.39, 0.29) is 31.1 Å². The van der Waals surface area contributed by atoms with Gasteiger partial charge in [0, 0.05) is 19.3 Å². The lowest BCUT2D eigenvalue weighted by Crippen LogP contribution is -2.30. The van der Waals surface area contributed by atoms with Gasteiger partial charge in [0.15, 0.2) is 6.10 Å². The minimum absolute atomic E-state index is 0.0726. The number of hydrogen-bond donors (Lipinski definition) is 0. The van der Waals surface area contributed by atoms with Gasteiger partial charge in [0.25, 0.3) is 0 Å². The van der Waals surface area contributed by atoms with Crippen LogP contribution in [0.2, 0.25) is 0 Å². The maximum absolute atomic E-state index is 12.9. The molecule has 0 amide bonds. The minimum Gasteiger partial charge on any atom is -0.462 e. The van der Waals surface area contributed by atoms with Gasteiger partial charge in [-0.1, -0.05) is 338 Å². The van der Waals surface area contributed by atoms with Crippen molar-refractivity contribution in [1.29, 1.82) is 0 Å². The normalized spacial score (nSPS) is 12.5. The predicted octanol–water partition coefficient (Wildman–Crippen LogP) is 24.8. The van der Waals surface area contributed by atoms with Crippen molar-refractivity contribution in [2.24, 2.45) is 0 Å². The molecule has 82 heavy (non-hydrogen) atoms. The van der Waals surface area contributed by atoms with E-state index >= 15 is 0 Å². The van der Waals surface area contributed by atoms with E-state index in [9.17, 15) is 14.4 Å². The third-order valence-corrected chi connectivity index (χ3v) is 15.9. The molecule has 0 spiro atoms. The fourth-order valence-electron chi connectivity index (χ4n) is 10.6. The lowest BCUT2D eigenvalue weighted by molar-refractivity contribution is -0.167. The van der Waals surface area contributed by atoms with E-state index in [1.54, 1.807) is 0 Å². The molecule has 476 valence electrons. The molecule has 0 heterocycles. The average molecular weight is 1150 g/mol. The standard InChI is InChI=1S/C76H136O6/c1-4-7-10-13-16-19-22-25-28-31-32-33-34-35-36-37-38-39-40-41-42-43-44-46-48-51-54-57-60-63-66-69-75(78)81-72-73(71-80-74(77)68-65-62-59-56-53-50-47-30-27-24-21-18-15-12-9-6-3)82-76(79)70-67-64-61-58-55-52-49-45-29-26-23-20-17-14-11-8-5-2/h7,10,16,19,25,28,30,32-33,35-36,47,73H,4-6,8-9,11-15,17-18,20-24,26-27,29,31,34,37-46,48-72H2,1-3H3/b10-7-,19-16-,28-25-,33-32-,36-35-,47-30-. The largest absolute Gasteiger partial charge is 0.462 e. The quantitative estimate of drug-likeness (QED) is 0.0261. The molecule has 0 radical (unpaired) electrons. The first-order chi connectivity index (χ1) is 40.5. The number of carbonyl (C=O) groups is 3. The van der Waals surface area contributed by atoms with Crippen molar-refractivity contribution in [3.05, 3.63) is 72.9 Å². The van der Waals surface area contributed by atoms with E-state index < -0.39 is 6.10 Å². The molecule has 0 bridgehead atoms. The summed E-state index contributed by atoms with van der Waals surface area (Å²) in [7, 11) is 0. The van der Waals surface area contributed by atoms with Crippen LogP contribution < -0.4 is 0 Å². The Kier molecular flexibility index (Phi) is 67.6. The van der Waals surface area contributed by atoms with Gasteiger partial charge in [-0.3, -0.25) is 14.4 Å². The Morgan fingerprint density at radius 2 is 0.476 bits per heavy atom. The number of hydrogen-bond acceptors (Lipinski definition) is 6. The molecule has 0 aliphatic heterocycles. The lowest BCUT2D eigenvalue weighted by Gasteiger charge is -2.18. The fraction of sp³-hybridized carbons (Fsp3) is 0.803. The van der Waals surface area contributed by atoms with Gasteiger partial charge in [0.05, 0.1) is 0 Å². The number of carbonyl (C=O) groups excluding carboxylic acids is 3. The molecular formula is C76H136O6. The number of esters is 3. The summed E-state index contributed by atoms with van der Waals surface area (Å²) in [6.45, 7) is 6.58. The second-order valence-corrected chi connectivity index (χ2v) is 24.1. The van der Waals surface area contributed by atoms with Crippen LogP contribution in [0, 0.1) is 0 Å². The van der Waals surface area contributed by atoms with E-state index in [2.05, 4.69) is 93.7 Å². The highest BCUT2D eigenvalue weighted by atomic mass is 16.6. The molecule has 1 atom stereocenters. The van der Waals surface area contributed by atoms with Gasteiger partial charge in [0.1, 0.15) is 13.2 Å². The van der Waals surface area contributed by atoms with Crippen LogP contribution in [0.4, 0.5) is 0 Å². The van der Waals surface area contributed by atoms with Gasteiger partial charge in [-0.15, -0.1) is 0 Å². The number of allylic oxidation sites excluding steroid dienone is 12. The number of unbranched alkanes of at least 4 members (excludes halogenated alkanes) is 43. The highest BCUT2D eigenvalue weighted by Gasteiger charge is 2.19. The van der Waals surface area contributed by atoms with Crippen LogP contribution in [0.1, 0.15) is 374 Å². The van der Waals surface area contributed by atoms with Crippen molar-refractivity contribution < 1.29 is 28.6 Å². The average Bonchev–Trinajstić information content (AvgIpc) is 3.48. The summed E-state index contributed by atoms with van der Waals surface area (Å²) in [6, 6.07) is 0. The maximum Gasteiger partial charge on any atom is 0.306 e. The van der Waals surface area contributed by atoms with Gasteiger partial charge in [-0.05, 0) is 89.9 Å². The van der Waals surface area contributed by atoms with Crippen molar-refractivity contribution in [3.63, 3.8) is 0 Å².